The van der Waals surface area contributed by atoms with Gasteiger partial charge in [-0.1, -0.05) is 306 Å². The Morgan fingerprint density at radius 2 is 0.534 bits per heavy atom. The molecule has 0 aromatic rings. The summed E-state index contributed by atoms with van der Waals surface area (Å²) in [6, 6.07) is 0. The molecule has 0 saturated heterocycles. The van der Waals surface area contributed by atoms with Gasteiger partial charge in [-0.3, -0.25) is 14.4 Å². The van der Waals surface area contributed by atoms with Crippen LogP contribution < -0.4 is 0 Å². The zero-order valence-corrected chi connectivity index (χ0v) is 48.7. The molecule has 0 aliphatic rings. The van der Waals surface area contributed by atoms with Crippen LogP contribution in [0.5, 0.6) is 0 Å². The largest absolute Gasteiger partial charge is 0.462 e. The van der Waals surface area contributed by atoms with E-state index in [4.69, 9.17) is 14.2 Å². The van der Waals surface area contributed by atoms with Crippen LogP contribution in [-0.4, -0.2) is 37.2 Å². The van der Waals surface area contributed by atoms with Crippen molar-refractivity contribution >= 4 is 17.9 Å². The first-order valence-electron chi connectivity index (χ1n) is 31.8. The molecule has 1 atom stereocenters. The highest BCUT2D eigenvalue weighted by Crippen LogP contribution is 2.17. The standard InChI is InChI=1S/C67H120O6/c1-4-7-10-13-16-19-21-23-25-27-28-29-30-31-32-33-34-35-36-37-38-39-40-41-43-44-46-48-51-54-57-60-66(69)72-63-64(62-71-65(68)59-56-53-50-18-15-12-9-6-3)73-67(70)61-58-55-52-49-47-45-42-26-24-22-20-17-14-11-8-5-2/h7,10,16,19,23,25,28-29,31-32,64H,4-6,8-9,11-15,17-18,20-22,24,26-27,30,33-63H2,1-3H3/b10-7-,19-16-,25-23-,29-28-,32-31-. The number of unbranched alkanes of at least 4 members (excludes halogenated alkanes) is 37. The number of allylic oxidation sites excluding steroid dienone is 10. The van der Waals surface area contributed by atoms with Gasteiger partial charge in [0.15, 0.2) is 6.10 Å². The van der Waals surface area contributed by atoms with Gasteiger partial charge in [-0.25, -0.2) is 0 Å². The third-order valence-electron chi connectivity index (χ3n) is 14.0. The van der Waals surface area contributed by atoms with Gasteiger partial charge in [0.05, 0.1) is 0 Å². The maximum absolute atomic E-state index is 12.8. The number of carbonyl (C=O) groups excluding carboxylic acids is 3. The normalized spacial score (nSPS) is 12.4. The highest BCUT2D eigenvalue weighted by atomic mass is 16.6. The molecular weight excluding hydrogens is 901 g/mol. The van der Waals surface area contributed by atoms with E-state index in [-0.39, 0.29) is 31.1 Å². The Kier molecular flexibility index (Phi) is 59.2. The highest BCUT2D eigenvalue weighted by Gasteiger charge is 2.19. The third-order valence-corrected chi connectivity index (χ3v) is 14.0. The molecule has 1 unspecified atom stereocenters. The number of esters is 3. The molecule has 0 aliphatic heterocycles. The first-order valence-corrected chi connectivity index (χ1v) is 31.8. The van der Waals surface area contributed by atoms with E-state index in [2.05, 4.69) is 81.5 Å². The lowest BCUT2D eigenvalue weighted by Gasteiger charge is -2.18. The Balaban J connectivity index is 4.06. The summed E-state index contributed by atoms with van der Waals surface area (Å²) >= 11 is 0. The molecule has 0 amide bonds. The van der Waals surface area contributed by atoms with Gasteiger partial charge in [-0.15, -0.1) is 0 Å². The second-order valence-corrected chi connectivity index (χ2v) is 21.3. The van der Waals surface area contributed by atoms with Crippen LogP contribution in [0.3, 0.4) is 0 Å². The van der Waals surface area contributed by atoms with Gasteiger partial charge < -0.3 is 14.2 Å². The summed E-state index contributed by atoms with van der Waals surface area (Å²) in [6.07, 6.45) is 78.2. The van der Waals surface area contributed by atoms with Crippen molar-refractivity contribution in [3.8, 4) is 0 Å². The Labute approximate surface area is 453 Å². The van der Waals surface area contributed by atoms with E-state index >= 15 is 0 Å². The molecule has 0 heterocycles. The molecule has 0 aliphatic carbocycles. The summed E-state index contributed by atoms with van der Waals surface area (Å²) in [5.74, 6) is -0.854. The molecule has 0 fully saturated rings. The van der Waals surface area contributed by atoms with Crippen molar-refractivity contribution in [1.82, 2.24) is 0 Å². The molecule has 0 radical (unpaired) electrons. The Bertz CT molecular complexity index is 1310. The maximum Gasteiger partial charge on any atom is 0.306 e. The van der Waals surface area contributed by atoms with Gasteiger partial charge in [-0.2, -0.15) is 0 Å². The Morgan fingerprint density at radius 3 is 0.836 bits per heavy atom. The molecule has 0 rings (SSSR count). The highest BCUT2D eigenvalue weighted by molar-refractivity contribution is 5.71. The monoisotopic (exact) mass is 1020 g/mol. The minimum atomic E-state index is -0.767. The zero-order chi connectivity index (χ0) is 52.9. The fourth-order valence-corrected chi connectivity index (χ4v) is 9.30. The van der Waals surface area contributed by atoms with Crippen molar-refractivity contribution in [2.24, 2.45) is 0 Å². The summed E-state index contributed by atoms with van der Waals surface area (Å²) in [7, 11) is 0. The average Bonchev–Trinajstić information content (AvgIpc) is 3.39. The van der Waals surface area contributed by atoms with Crippen LogP contribution in [0, 0.1) is 0 Å². The van der Waals surface area contributed by atoms with Crippen LogP contribution in [0.2, 0.25) is 0 Å². The van der Waals surface area contributed by atoms with E-state index in [1.165, 1.54) is 199 Å². The minimum Gasteiger partial charge on any atom is -0.462 e. The molecule has 0 aromatic carbocycles. The number of carbonyl (C=O) groups is 3. The number of rotatable bonds is 58. The first-order chi connectivity index (χ1) is 36.0. The van der Waals surface area contributed by atoms with Crippen LogP contribution in [0.25, 0.3) is 0 Å². The van der Waals surface area contributed by atoms with Crippen molar-refractivity contribution in [2.45, 2.75) is 335 Å². The molecule has 0 N–H and O–H groups in total. The summed E-state index contributed by atoms with van der Waals surface area (Å²) in [4.78, 5) is 38.1. The van der Waals surface area contributed by atoms with E-state index in [0.717, 1.165) is 89.9 Å². The third kappa shape index (κ3) is 59.9. The van der Waals surface area contributed by atoms with Crippen molar-refractivity contribution < 1.29 is 28.6 Å². The van der Waals surface area contributed by atoms with Crippen molar-refractivity contribution in [1.29, 1.82) is 0 Å². The van der Waals surface area contributed by atoms with E-state index in [9.17, 15) is 14.4 Å². The van der Waals surface area contributed by atoms with E-state index in [1.807, 2.05) is 0 Å². The van der Waals surface area contributed by atoms with Gasteiger partial charge in [0.25, 0.3) is 0 Å². The van der Waals surface area contributed by atoms with Gasteiger partial charge in [0, 0.05) is 19.3 Å². The van der Waals surface area contributed by atoms with E-state index in [0.29, 0.717) is 19.3 Å². The molecule has 0 spiro atoms. The summed E-state index contributed by atoms with van der Waals surface area (Å²) in [6.45, 7) is 6.54. The van der Waals surface area contributed by atoms with Crippen molar-refractivity contribution in [2.75, 3.05) is 13.2 Å². The van der Waals surface area contributed by atoms with Crippen LogP contribution in [0.1, 0.15) is 329 Å². The lowest BCUT2D eigenvalue weighted by Crippen LogP contribution is -2.30. The van der Waals surface area contributed by atoms with E-state index in [1.54, 1.807) is 0 Å². The predicted molar refractivity (Wildman–Crippen MR) is 316 cm³/mol. The van der Waals surface area contributed by atoms with Gasteiger partial charge in [0.2, 0.25) is 0 Å². The molecule has 73 heavy (non-hydrogen) atoms. The minimum absolute atomic E-state index is 0.0682. The lowest BCUT2D eigenvalue weighted by molar-refractivity contribution is -0.167. The molecule has 6 nitrogen and oxygen atoms in total. The quantitative estimate of drug-likeness (QED) is 0.0261. The topological polar surface area (TPSA) is 78.9 Å². The number of ether oxygens (including phenoxy) is 3. The zero-order valence-electron chi connectivity index (χ0n) is 48.7. The van der Waals surface area contributed by atoms with E-state index < -0.39 is 6.10 Å². The van der Waals surface area contributed by atoms with Crippen molar-refractivity contribution in [3.63, 3.8) is 0 Å². The molecular formula is C67H120O6. The van der Waals surface area contributed by atoms with Gasteiger partial charge in [-0.05, 0) is 64.2 Å². The smallest absolute Gasteiger partial charge is 0.306 e. The van der Waals surface area contributed by atoms with Crippen molar-refractivity contribution in [3.05, 3.63) is 60.8 Å². The molecule has 424 valence electrons. The maximum atomic E-state index is 12.8. The fraction of sp³-hybridized carbons (Fsp3) is 0.806. The summed E-state index contributed by atoms with van der Waals surface area (Å²) < 4.78 is 16.9. The van der Waals surface area contributed by atoms with Crippen LogP contribution >= 0.6 is 0 Å². The average molecular weight is 1020 g/mol. The lowest BCUT2D eigenvalue weighted by atomic mass is 10.0. The van der Waals surface area contributed by atoms with Crippen LogP contribution in [-0.2, 0) is 28.6 Å². The van der Waals surface area contributed by atoms with Gasteiger partial charge >= 0.3 is 17.9 Å². The Morgan fingerprint density at radius 1 is 0.288 bits per heavy atom. The molecule has 6 heteroatoms. The Hall–Kier alpha value is -2.89. The van der Waals surface area contributed by atoms with Gasteiger partial charge in [0.1, 0.15) is 13.2 Å². The molecule has 0 saturated carbocycles. The van der Waals surface area contributed by atoms with Crippen LogP contribution in [0.4, 0.5) is 0 Å². The second kappa shape index (κ2) is 61.7. The second-order valence-electron chi connectivity index (χ2n) is 21.3. The van der Waals surface area contributed by atoms with Crippen LogP contribution in [0.15, 0.2) is 60.8 Å². The first kappa shape index (κ1) is 70.1. The summed E-state index contributed by atoms with van der Waals surface area (Å²) in [5.41, 5.74) is 0. The number of hydrogen-bond acceptors (Lipinski definition) is 6. The predicted octanol–water partition coefficient (Wildman–Crippen LogP) is 21.6. The SMILES string of the molecule is CC/C=C\C/C=C\C/C=C\C/C=C\C/C=C\CCCCCCCCCCCCCCCCCC(=O)OCC(COC(=O)CCCCCCCCCC)OC(=O)CCCCCCCCCCCCCCCCCC. The summed E-state index contributed by atoms with van der Waals surface area (Å²) in [5, 5.41) is 0. The fourth-order valence-electron chi connectivity index (χ4n) is 9.30. The molecule has 0 aromatic heterocycles. The molecule has 0 bridgehead atoms. The number of hydrogen-bond donors (Lipinski definition) is 0.